The second-order valence-electron chi connectivity index (χ2n) is 6.03. The Kier molecular flexibility index (Phi) is 3.06. The lowest BCUT2D eigenvalue weighted by Crippen LogP contribution is -2.33. The molecule has 2 saturated heterocycles. The minimum Gasteiger partial charge on any atom is -0.356 e. The number of carbonyl (C=O) groups is 1. The summed E-state index contributed by atoms with van der Waals surface area (Å²) in [5.41, 5.74) is 0.976. The molecule has 2 fully saturated rings. The lowest BCUT2D eigenvalue weighted by atomic mass is 10.0. The molecule has 2 aromatic rings. The largest absolute Gasteiger partial charge is 0.356 e. The van der Waals surface area contributed by atoms with Crippen LogP contribution in [0.3, 0.4) is 0 Å². The predicted molar refractivity (Wildman–Crippen MR) is 78.4 cm³/mol. The summed E-state index contributed by atoms with van der Waals surface area (Å²) in [7, 11) is 0. The standard InChI is InChI=1S/C15H17N5O2/c1-10-4-14(17-9-16-10)19-5-11-7-20(8-12(11)6-19)15(21)13-2-3-18-22-13/h2-4,9,11-12H,5-8H2,1H3. The van der Waals surface area contributed by atoms with E-state index in [1.165, 1.54) is 6.20 Å². The molecule has 22 heavy (non-hydrogen) atoms. The van der Waals surface area contributed by atoms with E-state index in [-0.39, 0.29) is 5.91 Å². The number of aromatic nitrogens is 3. The zero-order valence-electron chi connectivity index (χ0n) is 12.3. The van der Waals surface area contributed by atoms with Crippen LogP contribution in [0.2, 0.25) is 0 Å². The third-order valence-electron chi connectivity index (χ3n) is 4.54. The third kappa shape index (κ3) is 2.22. The second kappa shape index (κ2) is 5.08. The van der Waals surface area contributed by atoms with E-state index in [4.69, 9.17) is 4.52 Å². The zero-order valence-corrected chi connectivity index (χ0v) is 12.3. The Labute approximate surface area is 127 Å². The topological polar surface area (TPSA) is 75.4 Å². The maximum Gasteiger partial charge on any atom is 0.292 e. The van der Waals surface area contributed by atoms with Crippen molar-refractivity contribution < 1.29 is 9.32 Å². The number of fused-ring (bicyclic) bond motifs is 1. The minimum absolute atomic E-state index is 0.0590. The Morgan fingerprint density at radius 1 is 1.23 bits per heavy atom. The molecule has 7 nitrogen and oxygen atoms in total. The smallest absolute Gasteiger partial charge is 0.292 e. The maximum absolute atomic E-state index is 12.3. The summed E-state index contributed by atoms with van der Waals surface area (Å²) in [5.74, 6) is 2.22. The zero-order chi connectivity index (χ0) is 15.1. The van der Waals surface area contributed by atoms with Crippen LogP contribution < -0.4 is 4.90 Å². The fourth-order valence-corrected chi connectivity index (χ4v) is 3.44. The van der Waals surface area contributed by atoms with Gasteiger partial charge in [-0.05, 0) is 6.92 Å². The number of rotatable bonds is 2. The molecule has 2 aliphatic rings. The summed E-state index contributed by atoms with van der Waals surface area (Å²) in [5, 5.41) is 3.60. The summed E-state index contributed by atoms with van der Waals surface area (Å²) >= 11 is 0. The third-order valence-corrected chi connectivity index (χ3v) is 4.54. The maximum atomic E-state index is 12.3. The summed E-state index contributed by atoms with van der Waals surface area (Å²) in [6, 6.07) is 3.63. The number of hydrogen-bond acceptors (Lipinski definition) is 6. The van der Waals surface area contributed by atoms with E-state index in [0.29, 0.717) is 17.6 Å². The van der Waals surface area contributed by atoms with E-state index in [9.17, 15) is 4.79 Å². The van der Waals surface area contributed by atoms with Crippen molar-refractivity contribution in [3.05, 3.63) is 36.1 Å². The summed E-state index contributed by atoms with van der Waals surface area (Å²) in [6.07, 6.45) is 3.11. The molecular formula is C15H17N5O2. The highest BCUT2D eigenvalue weighted by atomic mass is 16.5. The highest BCUT2D eigenvalue weighted by molar-refractivity contribution is 5.91. The second-order valence-corrected chi connectivity index (χ2v) is 6.03. The van der Waals surface area contributed by atoms with Crippen LogP contribution >= 0.6 is 0 Å². The van der Waals surface area contributed by atoms with Gasteiger partial charge < -0.3 is 14.3 Å². The average molecular weight is 299 g/mol. The van der Waals surface area contributed by atoms with Gasteiger partial charge in [0.05, 0.1) is 6.20 Å². The van der Waals surface area contributed by atoms with Crippen molar-refractivity contribution in [2.75, 3.05) is 31.1 Å². The van der Waals surface area contributed by atoms with Crippen LogP contribution in [0.25, 0.3) is 0 Å². The van der Waals surface area contributed by atoms with E-state index in [0.717, 1.165) is 37.7 Å². The number of anilines is 1. The molecule has 4 rings (SSSR count). The van der Waals surface area contributed by atoms with Gasteiger partial charge in [-0.15, -0.1) is 0 Å². The highest BCUT2D eigenvalue weighted by Crippen LogP contribution is 2.33. The summed E-state index contributed by atoms with van der Waals surface area (Å²) < 4.78 is 4.96. The van der Waals surface area contributed by atoms with E-state index in [1.807, 2.05) is 17.9 Å². The van der Waals surface area contributed by atoms with Crippen LogP contribution in [0.5, 0.6) is 0 Å². The van der Waals surface area contributed by atoms with E-state index in [2.05, 4.69) is 20.0 Å². The summed E-state index contributed by atoms with van der Waals surface area (Å²) in [4.78, 5) is 25.0. The monoisotopic (exact) mass is 299 g/mol. The van der Waals surface area contributed by atoms with Crippen LogP contribution in [0.4, 0.5) is 5.82 Å². The van der Waals surface area contributed by atoms with E-state index in [1.54, 1.807) is 12.4 Å². The molecule has 2 atom stereocenters. The molecule has 2 aliphatic heterocycles. The van der Waals surface area contributed by atoms with Gasteiger partial charge in [0, 0.05) is 55.8 Å². The van der Waals surface area contributed by atoms with Gasteiger partial charge in [0.15, 0.2) is 0 Å². The lowest BCUT2D eigenvalue weighted by molar-refractivity contribution is 0.0741. The molecule has 2 unspecified atom stereocenters. The molecule has 0 radical (unpaired) electrons. The normalized spacial score (nSPS) is 23.9. The lowest BCUT2D eigenvalue weighted by Gasteiger charge is -2.21. The Morgan fingerprint density at radius 2 is 2.00 bits per heavy atom. The Hall–Kier alpha value is -2.44. The number of nitrogens with zero attached hydrogens (tertiary/aromatic N) is 5. The summed E-state index contributed by atoms with van der Waals surface area (Å²) in [6.45, 7) is 5.37. The Bertz CT molecular complexity index is 673. The predicted octanol–water partition coefficient (Wildman–Crippen LogP) is 0.981. The molecule has 0 aliphatic carbocycles. The van der Waals surface area contributed by atoms with Gasteiger partial charge in [0.25, 0.3) is 5.91 Å². The number of aryl methyl sites for hydroxylation is 1. The molecule has 0 spiro atoms. The van der Waals surface area contributed by atoms with Gasteiger partial charge >= 0.3 is 0 Å². The van der Waals surface area contributed by atoms with Crippen molar-refractivity contribution in [3.63, 3.8) is 0 Å². The Morgan fingerprint density at radius 3 is 2.64 bits per heavy atom. The number of carbonyl (C=O) groups excluding carboxylic acids is 1. The van der Waals surface area contributed by atoms with Crippen molar-refractivity contribution in [3.8, 4) is 0 Å². The molecule has 2 aromatic heterocycles. The SMILES string of the molecule is Cc1cc(N2CC3CN(C(=O)c4ccno4)CC3C2)ncn1. The average Bonchev–Trinajstić information content (AvgIpc) is 3.22. The fraction of sp³-hybridized carbons (Fsp3) is 0.467. The Balaban J connectivity index is 1.43. The van der Waals surface area contributed by atoms with Gasteiger partial charge in [-0.1, -0.05) is 5.16 Å². The first-order valence-electron chi connectivity index (χ1n) is 7.44. The molecule has 0 aromatic carbocycles. The minimum atomic E-state index is -0.0590. The van der Waals surface area contributed by atoms with Crippen LogP contribution in [0, 0.1) is 18.8 Å². The van der Waals surface area contributed by atoms with Gasteiger partial charge in [-0.25, -0.2) is 9.97 Å². The fourth-order valence-electron chi connectivity index (χ4n) is 3.44. The van der Waals surface area contributed by atoms with Crippen molar-refractivity contribution in [1.29, 1.82) is 0 Å². The highest BCUT2D eigenvalue weighted by Gasteiger charge is 2.42. The molecule has 4 heterocycles. The molecular weight excluding hydrogens is 282 g/mol. The van der Waals surface area contributed by atoms with Gasteiger partial charge in [-0.2, -0.15) is 0 Å². The van der Waals surface area contributed by atoms with E-state index < -0.39 is 0 Å². The van der Waals surface area contributed by atoms with Crippen LogP contribution in [0.15, 0.2) is 29.2 Å². The number of likely N-dealkylation sites (tertiary alicyclic amines) is 1. The molecule has 1 amide bonds. The number of amides is 1. The first-order valence-corrected chi connectivity index (χ1v) is 7.44. The van der Waals surface area contributed by atoms with Gasteiger partial charge in [0.1, 0.15) is 12.1 Å². The van der Waals surface area contributed by atoms with Crippen molar-refractivity contribution in [2.24, 2.45) is 11.8 Å². The first-order chi connectivity index (χ1) is 10.7. The molecule has 7 heteroatoms. The van der Waals surface area contributed by atoms with Crippen LogP contribution in [0.1, 0.15) is 16.2 Å². The first kappa shape index (κ1) is 13.2. The van der Waals surface area contributed by atoms with Crippen LogP contribution in [-0.2, 0) is 0 Å². The van der Waals surface area contributed by atoms with Gasteiger partial charge in [0.2, 0.25) is 5.76 Å². The molecule has 0 saturated carbocycles. The van der Waals surface area contributed by atoms with Crippen molar-refractivity contribution >= 4 is 11.7 Å². The van der Waals surface area contributed by atoms with E-state index >= 15 is 0 Å². The molecule has 114 valence electrons. The number of hydrogen-bond donors (Lipinski definition) is 0. The van der Waals surface area contributed by atoms with Crippen LogP contribution in [-0.4, -0.2) is 52.1 Å². The van der Waals surface area contributed by atoms with Crippen molar-refractivity contribution in [1.82, 2.24) is 20.0 Å². The molecule has 0 N–H and O–H groups in total. The quantitative estimate of drug-likeness (QED) is 0.823. The molecule has 0 bridgehead atoms. The van der Waals surface area contributed by atoms with Gasteiger partial charge in [-0.3, -0.25) is 4.79 Å². The van der Waals surface area contributed by atoms with Crippen molar-refractivity contribution in [2.45, 2.75) is 6.92 Å².